The van der Waals surface area contributed by atoms with Gasteiger partial charge in [0.05, 0.1) is 16.7 Å². The first-order valence-corrected chi connectivity index (χ1v) is 10.6. The Kier molecular flexibility index (Phi) is 5.24. The summed E-state index contributed by atoms with van der Waals surface area (Å²) in [5, 5.41) is 7.64. The summed E-state index contributed by atoms with van der Waals surface area (Å²) < 4.78 is 3.51. The highest BCUT2D eigenvalue weighted by molar-refractivity contribution is 6.30. The highest BCUT2D eigenvalue weighted by Gasteiger charge is 2.16. The smallest absolute Gasteiger partial charge is 0.280 e. The average Bonchev–Trinajstić information content (AvgIpc) is 3.25. The predicted octanol–water partition coefficient (Wildman–Crippen LogP) is 4.79. The number of imidazole rings is 1. The van der Waals surface area contributed by atoms with E-state index >= 15 is 0 Å². The lowest BCUT2D eigenvalue weighted by Crippen LogP contribution is -2.26. The van der Waals surface area contributed by atoms with Crippen LogP contribution < -0.4 is 10.7 Å². The van der Waals surface area contributed by atoms with Crippen LogP contribution in [0.1, 0.15) is 16.2 Å². The summed E-state index contributed by atoms with van der Waals surface area (Å²) in [4.78, 5) is 29.7. The van der Waals surface area contributed by atoms with Gasteiger partial charge in [0, 0.05) is 28.2 Å². The molecule has 0 saturated heterocycles. The number of halogens is 1. The van der Waals surface area contributed by atoms with Crippen molar-refractivity contribution in [1.82, 2.24) is 19.3 Å². The predicted molar refractivity (Wildman–Crippen MR) is 129 cm³/mol. The second kappa shape index (κ2) is 8.37. The van der Waals surface area contributed by atoms with Gasteiger partial charge in [0.1, 0.15) is 6.33 Å². The molecular weight excluding hydrogens is 438 g/mol. The normalized spacial score (nSPS) is 11.0. The van der Waals surface area contributed by atoms with Gasteiger partial charge in [-0.3, -0.25) is 14.2 Å². The molecule has 162 valence electrons. The SMILES string of the molecule is Cc1cc(=O)c(C(=O)Nc2ccc(-n3cnc4ccccc43)cc2)nn1-c1ccc(Cl)cc1. The lowest BCUT2D eigenvalue weighted by Gasteiger charge is -2.12. The first-order valence-electron chi connectivity index (χ1n) is 10.2. The minimum absolute atomic E-state index is 0.194. The summed E-state index contributed by atoms with van der Waals surface area (Å²) in [5.74, 6) is -0.580. The van der Waals surface area contributed by atoms with E-state index in [0.29, 0.717) is 22.1 Å². The lowest BCUT2D eigenvalue weighted by atomic mass is 10.2. The monoisotopic (exact) mass is 455 g/mol. The molecular formula is C25H18ClN5O2. The van der Waals surface area contributed by atoms with Gasteiger partial charge < -0.3 is 5.32 Å². The largest absolute Gasteiger partial charge is 0.320 e. The van der Waals surface area contributed by atoms with Crippen molar-refractivity contribution in [3.8, 4) is 11.4 Å². The summed E-state index contributed by atoms with van der Waals surface area (Å²) in [6.45, 7) is 1.75. The average molecular weight is 456 g/mol. The third-order valence-electron chi connectivity index (χ3n) is 5.25. The number of para-hydroxylation sites is 2. The van der Waals surface area contributed by atoms with Crippen LogP contribution in [0.4, 0.5) is 5.69 Å². The number of amides is 1. The topological polar surface area (TPSA) is 81.8 Å². The van der Waals surface area contributed by atoms with Gasteiger partial charge >= 0.3 is 0 Å². The molecule has 5 aromatic rings. The van der Waals surface area contributed by atoms with E-state index in [4.69, 9.17) is 11.6 Å². The number of carbonyl (C=O) groups is 1. The Hall–Kier alpha value is -4.23. The van der Waals surface area contributed by atoms with Gasteiger partial charge in [-0.25, -0.2) is 9.67 Å². The van der Waals surface area contributed by atoms with Crippen molar-refractivity contribution >= 4 is 34.2 Å². The fraction of sp³-hybridized carbons (Fsp3) is 0.0400. The number of nitrogens with one attached hydrogen (secondary N) is 1. The van der Waals surface area contributed by atoms with Gasteiger partial charge in [-0.05, 0) is 67.6 Å². The van der Waals surface area contributed by atoms with Gasteiger partial charge in [-0.1, -0.05) is 23.7 Å². The van der Waals surface area contributed by atoms with Crippen molar-refractivity contribution < 1.29 is 4.79 Å². The molecule has 3 aromatic carbocycles. The fourth-order valence-electron chi connectivity index (χ4n) is 3.61. The van der Waals surface area contributed by atoms with Gasteiger partial charge in [0.15, 0.2) is 5.69 Å². The number of carbonyl (C=O) groups excluding carboxylic acids is 1. The molecule has 0 atom stereocenters. The van der Waals surface area contributed by atoms with E-state index in [2.05, 4.69) is 15.4 Å². The molecule has 1 N–H and O–H groups in total. The van der Waals surface area contributed by atoms with Crippen molar-refractivity contribution in [1.29, 1.82) is 0 Å². The van der Waals surface area contributed by atoms with Crippen LogP contribution in [0.25, 0.3) is 22.4 Å². The molecule has 5 rings (SSSR count). The van der Waals surface area contributed by atoms with Crippen LogP contribution in [-0.2, 0) is 0 Å². The minimum atomic E-state index is -0.580. The maximum absolute atomic E-state index is 12.8. The maximum Gasteiger partial charge on any atom is 0.280 e. The van der Waals surface area contributed by atoms with Crippen LogP contribution in [0, 0.1) is 6.92 Å². The number of nitrogens with zero attached hydrogens (tertiary/aromatic N) is 4. The Labute approximate surface area is 193 Å². The molecule has 0 aliphatic carbocycles. The first kappa shape index (κ1) is 20.7. The number of hydrogen-bond acceptors (Lipinski definition) is 4. The Morgan fingerprint density at radius 2 is 1.64 bits per heavy atom. The van der Waals surface area contributed by atoms with Gasteiger partial charge in [-0.2, -0.15) is 5.10 Å². The van der Waals surface area contributed by atoms with Crippen LogP contribution in [-0.4, -0.2) is 25.2 Å². The number of fused-ring (bicyclic) bond motifs is 1. The molecule has 0 fully saturated rings. The fourth-order valence-corrected chi connectivity index (χ4v) is 3.73. The number of aryl methyl sites for hydroxylation is 1. The minimum Gasteiger partial charge on any atom is -0.320 e. The van der Waals surface area contributed by atoms with Crippen LogP contribution in [0.15, 0.2) is 90.0 Å². The molecule has 7 nitrogen and oxygen atoms in total. The summed E-state index contributed by atoms with van der Waals surface area (Å²) in [7, 11) is 0. The zero-order valence-corrected chi connectivity index (χ0v) is 18.3. The van der Waals surface area contributed by atoms with E-state index < -0.39 is 11.3 Å². The zero-order chi connectivity index (χ0) is 22.9. The Morgan fingerprint density at radius 1 is 0.939 bits per heavy atom. The van der Waals surface area contributed by atoms with Gasteiger partial charge in [0.2, 0.25) is 5.43 Å². The van der Waals surface area contributed by atoms with Gasteiger partial charge in [-0.15, -0.1) is 0 Å². The van der Waals surface area contributed by atoms with Crippen molar-refractivity contribution in [2.24, 2.45) is 0 Å². The molecule has 1 amide bonds. The van der Waals surface area contributed by atoms with Crippen LogP contribution in [0.2, 0.25) is 5.02 Å². The lowest BCUT2D eigenvalue weighted by molar-refractivity contribution is 0.101. The van der Waals surface area contributed by atoms with Crippen molar-refractivity contribution in [3.63, 3.8) is 0 Å². The number of benzene rings is 3. The molecule has 33 heavy (non-hydrogen) atoms. The van der Waals surface area contributed by atoms with Crippen LogP contribution >= 0.6 is 11.6 Å². The third kappa shape index (κ3) is 4.02. The number of rotatable bonds is 4. The van der Waals surface area contributed by atoms with Gasteiger partial charge in [0.25, 0.3) is 5.91 Å². The molecule has 0 unspecified atom stereocenters. The first-order chi connectivity index (χ1) is 16.0. The maximum atomic E-state index is 12.8. The summed E-state index contributed by atoms with van der Waals surface area (Å²) >= 11 is 5.96. The third-order valence-corrected chi connectivity index (χ3v) is 5.50. The van der Waals surface area contributed by atoms with E-state index in [0.717, 1.165) is 16.7 Å². The molecule has 2 aromatic heterocycles. The molecule has 8 heteroatoms. The van der Waals surface area contributed by atoms with Crippen molar-refractivity contribution in [2.45, 2.75) is 6.92 Å². The van der Waals surface area contributed by atoms with Crippen molar-refractivity contribution in [3.05, 3.63) is 112 Å². The molecule has 0 aliphatic heterocycles. The molecule has 0 spiro atoms. The van der Waals surface area contributed by atoms with Crippen molar-refractivity contribution in [2.75, 3.05) is 5.32 Å². The molecule has 0 aliphatic rings. The highest BCUT2D eigenvalue weighted by Crippen LogP contribution is 2.20. The van der Waals surface area contributed by atoms with E-state index in [-0.39, 0.29) is 5.69 Å². The van der Waals surface area contributed by atoms with E-state index in [1.165, 1.54) is 6.07 Å². The molecule has 2 heterocycles. The van der Waals surface area contributed by atoms with E-state index in [1.54, 1.807) is 54.3 Å². The number of aromatic nitrogens is 4. The summed E-state index contributed by atoms with van der Waals surface area (Å²) in [6, 6.07) is 23.5. The summed E-state index contributed by atoms with van der Waals surface area (Å²) in [5.41, 5.74) is 4.00. The number of anilines is 1. The van der Waals surface area contributed by atoms with E-state index in [9.17, 15) is 9.59 Å². The highest BCUT2D eigenvalue weighted by atomic mass is 35.5. The Balaban J connectivity index is 1.41. The number of hydrogen-bond donors (Lipinski definition) is 1. The summed E-state index contributed by atoms with van der Waals surface area (Å²) in [6.07, 6.45) is 1.76. The molecule has 0 radical (unpaired) electrons. The second-order valence-electron chi connectivity index (χ2n) is 7.49. The zero-order valence-electron chi connectivity index (χ0n) is 17.6. The van der Waals surface area contributed by atoms with E-state index in [1.807, 2.05) is 41.0 Å². The Morgan fingerprint density at radius 3 is 2.39 bits per heavy atom. The van der Waals surface area contributed by atoms with Crippen LogP contribution in [0.5, 0.6) is 0 Å². The Bertz CT molecular complexity index is 1540. The standard InChI is InChI=1S/C25H18ClN5O2/c1-16-14-23(32)24(29-31(16)20-10-6-17(26)7-11-20)25(33)28-18-8-12-19(13-9-18)30-15-27-21-4-2-3-5-22(21)30/h2-15H,1H3,(H,28,33). The molecule has 0 bridgehead atoms. The van der Waals surface area contributed by atoms with Crippen LogP contribution in [0.3, 0.4) is 0 Å². The quantitative estimate of drug-likeness (QED) is 0.422. The molecule has 0 saturated carbocycles. The second-order valence-corrected chi connectivity index (χ2v) is 7.93.